The smallest absolute Gasteiger partial charge is 0.225 e. The Morgan fingerprint density at radius 3 is 2.59 bits per heavy atom. The second kappa shape index (κ2) is 9.63. The monoisotopic (exact) mass is 458 g/mol. The molecule has 0 unspecified atom stereocenters. The highest BCUT2D eigenvalue weighted by molar-refractivity contribution is 5.82. The van der Waals surface area contributed by atoms with Crippen LogP contribution in [0.2, 0.25) is 0 Å². The molecule has 2 aliphatic rings. The van der Waals surface area contributed by atoms with E-state index in [0.717, 1.165) is 42.4 Å². The van der Waals surface area contributed by atoms with Crippen LogP contribution in [0.4, 0.5) is 11.4 Å². The van der Waals surface area contributed by atoms with Crippen LogP contribution in [0.5, 0.6) is 11.5 Å². The van der Waals surface area contributed by atoms with Crippen LogP contribution >= 0.6 is 0 Å². The summed E-state index contributed by atoms with van der Waals surface area (Å²) in [6.45, 7) is 2.97. The summed E-state index contributed by atoms with van der Waals surface area (Å²) >= 11 is 0. The number of fused-ring (bicyclic) bond motifs is 3. The zero-order valence-corrected chi connectivity index (χ0v) is 19.6. The third-order valence-corrected chi connectivity index (χ3v) is 6.89. The van der Waals surface area contributed by atoms with Crippen molar-refractivity contribution >= 4 is 17.3 Å². The summed E-state index contributed by atoms with van der Waals surface area (Å²) in [4.78, 5) is 22.4. The maximum absolute atomic E-state index is 13.5. The standard InChI is InChI=1S/C27H30N4O3/c1-33-22-9-6-21(7-10-22)30-12-13-31-25-15-23(34-2)8-5-20(25)14-24(26(31)18-30)27(32)29-17-19-4-3-11-28-16-19/h3-11,15-16,24,26H,12-14,17-18H2,1-2H3,(H,29,32)/t24-,26+/m0/s1. The van der Waals surface area contributed by atoms with E-state index >= 15 is 0 Å². The number of hydrogen-bond donors (Lipinski definition) is 1. The summed E-state index contributed by atoms with van der Waals surface area (Å²) in [7, 11) is 3.37. The molecule has 2 atom stereocenters. The predicted molar refractivity (Wildman–Crippen MR) is 133 cm³/mol. The lowest BCUT2D eigenvalue weighted by atomic mass is 9.83. The van der Waals surface area contributed by atoms with Gasteiger partial charge < -0.3 is 24.6 Å². The molecule has 1 aromatic heterocycles. The second-order valence-corrected chi connectivity index (χ2v) is 8.79. The number of anilines is 2. The Hall–Kier alpha value is -3.74. The summed E-state index contributed by atoms with van der Waals surface area (Å²) < 4.78 is 10.8. The summed E-state index contributed by atoms with van der Waals surface area (Å²) in [6, 6.07) is 18.3. The molecule has 0 saturated carbocycles. The number of piperazine rings is 1. The molecular weight excluding hydrogens is 428 g/mol. The number of ether oxygens (including phenoxy) is 2. The molecule has 1 saturated heterocycles. The highest BCUT2D eigenvalue weighted by atomic mass is 16.5. The first-order valence-electron chi connectivity index (χ1n) is 11.7. The van der Waals surface area contributed by atoms with Gasteiger partial charge in [-0.1, -0.05) is 12.1 Å². The lowest BCUT2D eigenvalue weighted by molar-refractivity contribution is -0.126. The summed E-state index contributed by atoms with van der Waals surface area (Å²) in [5.74, 6) is 1.61. The average Bonchev–Trinajstić information content (AvgIpc) is 2.91. The van der Waals surface area contributed by atoms with E-state index in [1.54, 1.807) is 26.6 Å². The van der Waals surface area contributed by atoms with Gasteiger partial charge >= 0.3 is 0 Å². The number of aromatic nitrogens is 1. The first kappa shape index (κ1) is 22.1. The maximum atomic E-state index is 13.5. The molecule has 176 valence electrons. The molecule has 0 spiro atoms. The van der Waals surface area contributed by atoms with Crippen LogP contribution in [0.1, 0.15) is 11.1 Å². The van der Waals surface area contributed by atoms with Crippen LogP contribution in [0.25, 0.3) is 0 Å². The van der Waals surface area contributed by atoms with Crippen molar-refractivity contribution in [3.8, 4) is 11.5 Å². The van der Waals surface area contributed by atoms with Gasteiger partial charge in [-0.2, -0.15) is 0 Å². The second-order valence-electron chi connectivity index (χ2n) is 8.79. The van der Waals surface area contributed by atoms with Crippen molar-refractivity contribution < 1.29 is 14.3 Å². The normalized spacial score (nSPS) is 19.1. The van der Waals surface area contributed by atoms with E-state index in [1.807, 2.05) is 30.3 Å². The van der Waals surface area contributed by atoms with Crippen LogP contribution in [-0.4, -0.2) is 50.8 Å². The Kier molecular flexibility index (Phi) is 6.25. The molecule has 7 nitrogen and oxygen atoms in total. The van der Waals surface area contributed by atoms with E-state index in [9.17, 15) is 4.79 Å². The summed E-state index contributed by atoms with van der Waals surface area (Å²) in [5.41, 5.74) is 4.51. The topological polar surface area (TPSA) is 66.9 Å². The highest BCUT2D eigenvalue weighted by Gasteiger charge is 2.41. The number of nitrogens with zero attached hydrogens (tertiary/aromatic N) is 3. The van der Waals surface area contributed by atoms with Gasteiger partial charge in [0.1, 0.15) is 11.5 Å². The molecule has 3 aromatic rings. The van der Waals surface area contributed by atoms with E-state index in [2.05, 4.69) is 44.4 Å². The molecule has 1 fully saturated rings. The molecule has 0 radical (unpaired) electrons. The fourth-order valence-corrected chi connectivity index (χ4v) is 5.05. The van der Waals surface area contributed by atoms with Crippen molar-refractivity contribution in [1.82, 2.24) is 10.3 Å². The quantitative estimate of drug-likeness (QED) is 0.612. The van der Waals surface area contributed by atoms with E-state index < -0.39 is 0 Å². The number of benzene rings is 2. The highest BCUT2D eigenvalue weighted by Crippen LogP contribution is 2.39. The third kappa shape index (κ3) is 4.38. The summed E-state index contributed by atoms with van der Waals surface area (Å²) in [6.07, 6.45) is 4.24. The van der Waals surface area contributed by atoms with Gasteiger partial charge in [0.05, 0.1) is 26.2 Å². The minimum absolute atomic E-state index is 0.0596. The average molecular weight is 459 g/mol. The van der Waals surface area contributed by atoms with Gasteiger partial charge in [0.25, 0.3) is 0 Å². The molecule has 1 amide bonds. The van der Waals surface area contributed by atoms with Crippen molar-refractivity contribution in [3.63, 3.8) is 0 Å². The van der Waals surface area contributed by atoms with Gasteiger partial charge in [0.15, 0.2) is 0 Å². The van der Waals surface area contributed by atoms with Gasteiger partial charge in [0.2, 0.25) is 5.91 Å². The molecular formula is C27H30N4O3. The largest absolute Gasteiger partial charge is 0.497 e. The molecule has 7 heteroatoms. The van der Waals surface area contributed by atoms with Crippen molar-refractivity contribution in [2.45, 2.75) is 19.0 Å². The fourth-order valence-electron chi connectivity index (χ4n) is 5.05. The SMILES string of the molecule is COc1ccc(N2CCN3c4cc(OC)ccc4C[C@H](C(=O)NCc4cccnc4)[C@H]3C2)cc1. The van der Waals surface area contributed by atoms with Crippen LogP contribution in [0.3, 0.4) is 0 Å². The van der Waals surface area contributed by atoms with Crippen molar-refractivity contribution in [2.24, 2.45) is 5.92 Å². The first-order valence-corrected chi connectivity index (χ1v) is 11.7. The number of nitrogens with one attached hydrogen (secondary N) is 1. The van der Waals surface area contributed by atoms with Gasteiger partial charge in [-0.3, -0.25) is 9.78 Å². The van der Waals surface area contributed by atoms with E-state index in [0.29, 0.717) is 13.0 Å². The number of pyridine rings is 1. The van der Waals surface area contributed by atoms with Crippen LogP contribution in [-0.2, 0) is 17.8 Å². The Morgan fingerprint density at radius 1 is 1.06 bits per heavy atom. The van der Waals surface area contributed by atoms with Crippen LogP contribution in [0, 0.1) is 5.92 Å². The van der Waals surface area contributed by atoms with Crippen LogP contribution in [0.15, 0.2) is 67.0 Å². The molecule has 0 bridgehead atoms. The van der Waals surface area contributed by atoms with Crippen molar-refractivity contribution in [3.05, 3.63) is 78.1 Å². The zero-order chi connectivity index (χ0) is 23.5. The van der Waals surface area contributed by atoms with E-state index in [4.69, 9.17) is 9.47 Å². The fraction of sp³-hybridized carbons (Fsp3) is 0.333. The number of carbonyl (C=O) groups is 1. The Labute approximate surface area is 200 Å². The van der Waals surface area contributed by atoms with E-state index in [1.165, 1.54) is 11.3 Å². The number of rotatable bonds is 6. The van der Waals surface area contributed by atoms with Crippen molar-refractivity contribution in [2.75, 3.05) is 43.7 Å². The first-order chi connectivity index (χ1) is 16.7. The van der Waals surface area contributed by atoms with E-state index in [-0.39, 0.29) is 17.9 Å². The molecule has 0 aliphatic carbocycles. The zero-order valence-electron chi connectivity index (χ0n) is 19.6. The van der Waals surface area contributed by atoms with Gasteiger partial charge in [0, 0.05) is 56.0 Å². The third-order valence-electron chi connectivity index (χ3n) is 6.89. The number of methoxy groups -OCH3 is 2. The lowest BCUT2D eigenvalue weighted by Crippen LogP contribution is -2.61. The van der Waals surface area contributed by atoms with Gasteiger partial charge in [-0.15, -0.1) is 0 Å². The van der Waals surface area contributed by atoms with Crippen molar-refractivity contribution in [1.29, 1.82) is 0 Å². The minimum Gasteiger partial charge on any atom is -0.497 e. The van der Waals surface area contributed by atoms with Gasteiger partial charge in [-0.25, -0.2) is 0 Å². The lowest BCUT2D eigenvalue weighted by Gasteiger charge is -2.49. The Morgan fingerprint density at radius 2 is 1.85 bits per heavy atom. The van der Waals surface area contributed by atoms with Gasteiger partial charge in [-0.05, 0) is 53.9 Å². The number of carbonyl (C=O) groups excluding carboxylic acids is 1. The Balaban J connectivity index is 1.41. The summed E-state index contributed by atoms with van der Waals surface area (Å²) in [5, 5.41) is 3.16. The molecule has 34 heavy (non-hydrogen) atoms. The predicted octanol–water partition coefficient (Wildman–Crippen LogP) is 3.28. The van der Waals surface area contributed by atoms with Crippen LogP contribution < -0.4 is 24.6 Å². The number of amides is 1. The number of hydrogen-bond acceptors (Lipinski definition) is 6. The minimum atomic E-state index is -0.154. The molecule has 2 aromatic carbocycles. The molecule has 3 heterocycles. The molecule has 2 aliphatic heterocycles. The molecule has 1 N–H and O–H groups in total. The maximum Gasteiger partial charge on any atom is 0.225 e. The molecule has 5 rings (SSSR count). The Bertz CT molecular complexity index is 1140.